The summed E-state index contributed by atoms with van der Waals surface area (Å²) < 4.78 is 6.52. The molecule has 0 saturated carbocycles. The van der Waals surface area contributed by atoms with Gasteiger partial charge in [0, 0.05) is 39.0 Å². The zero-order valence-electron chi connectivity index (χ0n) is 31.6. The molecule has 0 aliphatic heterocycles. The van der Waals surface area contributed by atoms with Gasteiger partial charge in [-0.2, -0.15) is 9.97 Å². The largest absolute Gasteiger partial charge is 0.455 e. The Morgan fingerprint density at radius 2 is 1.50 bits per heavy atom. The van der Waals surface area contributed by atoms with Crippen LogP contribution >= 0.6 is 23.2 Å². The quantitative estimate of drug-likeness (QED) is 0.0792. The average molecular weight is 813 g/mol. The Hall–Kier alpha value is -6.76. The molecule has 5 N–H and O–H groups in total. The van der Waals surface area contributed by atoms with Crippen molar-refractivity contribution in [2.45, 2.75) is 39.5 Å². The highest BCUT2D eigenvalue weighted by atomic mass is 35.5. The first-order valence-corrected chi connectivity index (χ1v) is 19.1. The number of carbonyl (C=O) groups is 2. The van der Waals surface area contributed by atoms with Gasteiger partial charge in [0.2, 0.25) is 11.9 Å². The van der Waals surface area contributed by atoms with Crippen molar-refractivity contribution in [2.75, 3.05) is 16.0 Å². The lowest BCUT2D eigenvalue weighted by Gasteiger charge is -2.26. The molecule has 1 aliphatic rings. The number of fused-ring (bicyclic) bond motifs is 2. The third-order valence-corrected chi connectivity index (χ3v) is 10.8. The Morgan fingerprint density at radius 1 is 0.776 bits per heavy atom. The standard InChI is InChI=1S/C44H35Cl2N7O5/c1-5-44(3,4)23-13-16-27(17-14-23)58-33-21-32(36-37-35(28-11-6-7-12-29(28)39(36)55)34(22(2)54)40(56)50-38(33)37)47-25-9-8-10-26(20-25)48-41-51-42(53-43(57)52-41)49-31-19-24(45)15-18-30(31)46/h6-21,47H,5H2,1-4H3,(H,50,56)(H3,48,49,51,52,53,57). The smallest absolute Gasteiger partial charge is 0.351 e. The topological polar surface area (TPSA) is 171 Å². The number of rotatable bonds is 11. The van der Waals surface area contributed by atoms with E-state index in [0.29, 0.717) is 60.6 Å². The van der Waals surface area contributed by atoms with E-state index < -0.39 is 17.0 Å². The van der Waals surface area contributed by atoms with Crippen LogP contribution in [-0.4, -0.2) is 31.5 Å². The Bertz CT molecular complexity index is 2940. The van der Waals surface area contributed by atoms with E-state index in [1.165, 1.54) is 6.92 Å². The molecular weight excluding hydrogens is 777 g/mol. The number of anilines is 6. The Morgan fingerprint density at radius 3 is 2.22 bits per heavy atom. The molecule has 2 heterocycles. The van der Waals surface area contributed by atoms with E-state index >= 15 is 0 Å². The number of hydrogen-bond acceptors (Lipinski definition) is 10. The summed E-state index contributed by atoms with van der Waals surface area (Å²) in [4.78, 5) is 67.7. The summed E-state index contributed by atoms with van der Waals surface area (Å²) in [6.45, 7) is 7.81. The van der Waals surface area contributed by atoms with Crippen LogP contribution in [0.2, 0.25) is 10.0 Å². The van der Waals surface area contributed by atoms with E-state index in [0.717, 1.165) is 12.0 Å². The highest BCUT2D eigenvalue weighted by Crippen LogP contribution is 2.47. The van der Waals surface area contributed by atoms with E-state index in [1.54, 1.807) is 72.8 Å². The molecule has 2 aromatic heterocycles. The average Bonchev–Trinajstić information content (AvgIpc) is 3.18. The van der Waals surface area contributed by atoms with Crippen molar-refractivity contribution >= 4 is 80.3 Å². The normalized spacial score (nSPS) is 11.9. The van der Waals surface area contributed by atoms with Gasteiger partial charge in [0.25, 0.3) is 5.56 Å². The van der Waals surface area contributed by atoms with Crippen molar-refractivity contribution in [3.05, 3.63) is 150 Å². The number of ketones is 2. The van der Waals surface area contributed by atoms with Gasteiger partial charge in [-0.15, -0.1) is 0 Å². The van der Waals surface area contributed by atoms with Crippen molar-refractivity contribution in [3.8, 4) is 22.6 Å². The first kappa shape index (κ1) is 38.1. The van der Waals surface area contributed by atoms with Crippen LogP contribution in [0.5, 0.6) is 11.5 Å². The predicted molar refractivity (Wildman–Crippen MR) is 229 cm³/mol. The molecule has 0 bridgehead atoms. The maximum Gasteiger partial charge on any atom is 0.351 e. The van der Waals surface area contributed by atoms with E-state index in [4.69, 9.17) is 27.9 Å². The Kier molecular flexibility index (Phi) is 9.83. The number of carbonyl (C=O) groups excluding carboxylic acids is 2. The number of aromatic amines is 2. The number of benzene rings is 5. The maximum atomic E-state index is 14.5. The highest BCUT2D eigenvalue weighted by Gasteiger charge is 2.34. The monoisotopic (exact) mass is 811 g/mol. The fourth-order valence-corrected chi connectivity index (χ4v) is 7.32. The number of nitrogens with zero attached hydrogens (tertiary/aromatic N) is 2. The van der Waals surface area contributed by atoms with Gasteiger partial charge >= 0.3 is 5.69 Å². The number of pyridine rings is 1. The molecule has 0 saturated heterocycles. The lowest BCUT2D eigenvalue weighted by molar-refractivity contribution is 0.101. The number of halogens is 2. The lowest BCUT2D eigenvalue weighted by Crippen LogP contribution is -2.23. The molecule has 7 aromatic rings. The van der Waals surface area contributed by atoms with Gasteiger partial charge in [-0.1, -0.05) is 86.4 Å². The van der Waals surface area contributed by atoms with Gasteiger partial charge in [0.1, 0.15) is 5.75 Å². The third-order valence-electron chi connectivity index (χ3n) is 10.3. The van der Waals surface area contributed by atoms with Gasteiger partial charge in [-0.3, -0.25) is 19.4 Å². The van der Waals surface area contributed by atoms with Crippen LogP contribution in [0.3, 0.4) is 0 Å². The van der Waals surface area contributed by atoms with Crippen LogP contribution < -0.4 is 31.9 Å². The summed E-state index contributed by atoms with van der Waals surface area (Å²) in [6.07, 6.45) is 0.942. The van der Waals surface area contributed by atoms with Gasteiger partial charge in [-0.05, 0) is 78.4 Å². The molecule has 8 rings (SSSR count). The minimum Gasteiger partial charge on any atom is -0.455 e. The molecule has 0 radical (unpaired) electrons. The zero-order chi connectivity index (χ0) is 40.9. The highest BCUT2D eigenvalue weighted by molar-refractivity contribution is 6.35. The lowest BCUT2D eigenvalue weighted by atomic mass is 9.80. The van der Waals surface area contributed by atoms with Crippen molar-refractivity contribution in [1.29, 1.82) is 0 Å². The number of Topliss-reactive ketones (excluding diaryl/α,β-unsaturated/α-hetero) is 1. The van der Waals surface area contributed by atoms with E-state index in [9.17, 15) is 19.2 Å². The van der Waals surface area contributed by atoms with Crippen molar-refractivity contribution in [2.24, 2.45) is 0 Å². The SMILES string of the molecule is CCC(C)(C)c1ccc(Oc2cc(Nc3cccc(Nc4nc(Nc5cc(Cl)ccc5Cl)nc(=O)[nH]4)c3)c3c4c(c(C(C)=O)c(=O)[nH]c24)-c2ccccc2C3=O)cc1. The zero-order valence-corrected chi connectivity index (χ0v) is 33.1. The summed E-state index contributed by atoms with van der Waals surface area (Å²) in [5, 5.41) is 10.6. The second kappa shape index (κ2) is 15.0. The number of aromatic nitrogens is 4. The third kappa shape index (κ3) is 7.19. The Labute approximate surface area is 341 Å². The maximum absolute atomic E-state index is 14.5. The molecule has 12 nitrogen and oxygen atoms in total. The van der Waals surface area contributed by atoms with E-state index in [2.05, 4.69) is 56.7 Å². The second-order valence-electron chi connectivity index (χ2n) is 14.5. The van der Waals surface area contributed by atoms with Crippen molar-refractivity contribution < 1.29 is 14.3 Å². The molecule has 290 valence electrons. The molecule has 0 amide bonds. The van der Waals surface area contributed by atoms with E-state index in [1.807, 2.05) is 24.3 Å². The molecule has 0 fully saturated rings. The van der Waals surface area contributed by atoms with Gasteiger partial charge in [-0.25, -0.2) is 4.79 Å². The van der Waals surface area contributed by atoms with Crippen LogP contribution in [0.4, 0.5) is 34.6 Å². The molecule has 0 unspecified atom stereocenters. The molecule has 5 aromatic carbocycles. The summed E-state index contributed by atoms with van der Waals surface area (Å²) >= 11 is 12.4. The fourth-order valence-electron chi connectivity index (χ4n) is 6.99. The number of H-pyrrole nitrogens is 2. The molecule has 58 heavy (non-hydrogen) atoms. The fraction of sp³-hybridized carbons (Fsp3) is 0.136. The van der Waals surface area contributed by atoms with Crippen molar-refractivity contribution in [1.82, 2.24) is 19.9 Å². The Balaban J connectivity index is 1.23. The molecule has 14 heteroatoms. The van der Waals surface area contributed by atoms with Gasteiger partial charge < -0.3 is 25.7 Å². The number of nitrogens with one attached hydrogen (secondary N) is 5. The van der Waals surface area contributed by atoms with Crippen LogP contribution in [0, 0.1) is 0 Å². The molecule has 0 spiro atoms. The minimum atomic E-state index is -0.670. The summed E-state index contributed by atoms with van der Waals surface area (Å²) in [7, 11) is 0. The summed E-state index contributed by atoms with van der Waals surface area (Å²) in [6, 6.07) is 28.3. The van der Waals surface area contributed by atoms with Gasteiger partial charge in [0.05, 0.1) is 33.0 Å². The van der Waals surface area contributed by atoms with Crippen LogP contribution in [0.15, 0.2) is 107 Å². The van der Waals surface area contributed by atoms with Crippen LogP contribution in [0.25, 0.3) is 22.0 Å². The minimum absolute atomic E-state index is 0.0197. The molecular formula is C44H35Cl2N7O5. The summed E-state index contributed by atoms with van der Waals surface area (Å²) in [5.41, 5.74) is 3.34. The molecule has 0 atom stereocenters. The first-order valence-electron chi connectivity index (χ1n) is 18.3. The van der Waals surface area contributed by atoms with Crippen molar-refractivity contribution in [3.63, 3.8) is 0 Å². The number of ether oxygens (including phenoxy) is 1. The second-order valence-corrected chi connectivity index (χ2v) is 15.3. The van der Waals surface area contributed by atoms with Gasteiger partial charge in [0.15, 0.2) is 17.3 Å². The van der Waals surface area contributed by atoms with Crippen LogP contribution in [-0.2, 0) is 5.41 Å². The summed E-state index contributed by atoms with van der Waals surface area (Å²) in [5.74, 6) is 0.0842. The predicted octanol–water partition coefficient (Wildman–Crippen LogP) is 10.4. The first-order chi connectivity index (χ1) is 27.8. The van der Waals surface area contributed by atoms with E-state index in [-0.39, 0.29) is 45.5 Å². The molecule has 1 aliphatic carbocycles. The number of hydrogen-bond donors (Lipinski definition) is 5. The van der Waals surface area contributed by atoms with Crippen LogP contribution in [0.1, 0.15) is 66.0 Å².